The maximum absolute atomic E-state index is 11.8. The van der Waals surface area contributed by atoms with Gasteiger partial charge in [0, 0.05) is 6.20 Å². The lowest BCUT2D eigenvalue weighted by atomic mass is 9.94. The Hall–Kier alpha value is -2.40. The molecule has 1 aromatic carbocycles. The van der Waals surface area contributed by atoms with Gasteiger partial charge in [-0.3, -0.25) is 14.7 Å². The van der Waals surface area contributed by atoms with Gasteiger partial charge in [-0.25, -0.2) is 0 Å². The van der Waals surface area contributed by atoms with Crippen molar-refractivity contribution in [1.82, 2.24) is 9.88 Å². The molecule has 1 fully saturated rings. The first-order chi connectivity index (χ1) is 12.1. The minimum atomic E-state index is -0.759. The summed E-state index contributed by atoms with van der Waals surface area (Å²) in [5, 5.41) is 9.70. The number of carboxylic acids is 1. The predicted octanol–water partition coefficient (Wildman–Crippen LogP) is 3.43. The molecule has 0 spiro atoms. The third-order valence-corrected chi connectivity index (χ3v) is 4.81. The summed E-state index contributed by atoms with van der Waals surface area (Å²) in [4.78, 5) is 18.5. The van der Waals surface area contributed by atoms with Gasteiger partial charge in [-0.15, -0.1) is 0 Å². The summed E-state index contributed by atoms with van der Waals surface area (Å²) in [6, 6.07) is 11.2. The Morgan fingerprint density at radius 1 is 1.24 bits per heavy atom. The fourth-order valence-corrected chi connectivity index (χ4v) is 3.49. The van der Waals surface area contributed by atoms with E-state index in [4.69, 9.17) is 4.74 Å². The number of benzene rings is 1. The number of rotatable bonds is 5. The molecular weight excluding hydrogens is 316 g/mol. The summed E-state index contributed by atoms with van der Waals surface area (Å²) in [5.41, 5.74) is 3.00. The molecule has 2 atom stereocenters. The monoisotopic (exact) mass is 340 g/mol. The van der Waals surface area contributed by atoms with E-state index in [1.54, 1.807) is 7.11 Å². The first kappa shape index (κ1) is 17.4. The Bertz CT molecular complexity index is 713. The van der Waals surface area contributed by atoms with Crippen LogP contribution in [0.1, 0.15) is 42.1 Å². The summed E-state index contributed by atoms with van der Waals surface area (Å²) >= 11 is 0. The third kappa shape index (κ3) is 3.82. The van der Waals surface area contributed by atoms with Gasteiger partial charge in [0.05, 0.1) is 18.8 Å². The van der Waals surface area contributed by atoms with E-state index in [2.05, 4.69) is 9.88 Å². The summed E-state index contributed by atoms with van der Waals surface area (Å²) in [6.07, 6.45) is 4.46. The van der Waals surface area contributed by atoms with Gasteiger partial charge in [0.2, 0.25) is 0 Å². The Morgan fingerprint density at radius 3 is 2.60 bits per heavy atom. The van der Waals surface area contributed by atoms with E-state index in [9.17, 15) is 9.90 Å². The molecule has 1 aromatic heterocycles. The molecule has 5 heteroatoms. The number of ether oxygens (including phenoxy) is 1. The molecule has 5 nitrogen and oxygen atoms in total. The number of hydrogen-bond acceptors (Lipinski definition) is 4. The molecular formula is C20H24N2O3. The Morgan fingerprint density at radius 2 is 2.00 bits per heavy atom. The van der Waals surface area contributed by atoms with Crippen LogP contribution in [0.25, 0.3) is 0 Å². The molecule has 2 aromatic rings. The zero-order valence-electron chi connectivity index (χ0n) is 14.7. The van der Waals surface area contributed by atoms with Crippen LogP contribution in [0.4, 0.5) is 0 Å². The van der Waals surface area contributed by atoms with Crippen LogP contribution in [0, 0.1) is 6.92 Å². The maximum Gasteiger partial charge on any atom is 0.320 e. The summed E-state index contributed by atoms with van der Waals surface area (Å²) < 4.78 is 5.25. The van der Waals surface area contributed by atoms with Crippen LogP contribution in [0.3, 0.4) is 0 Å². The quantitative estimate of drug-likeness (QED) is 0.903. The fourth-order valence-electron chi connectivity index (χ4n) is 3.49. The molecule has 25 heavy (non-hydrogen) atoms. The van der Waals surface area contributed by atoms with E-state index in [1.165, 1.54) is 0 Å². The van der Waals surface area contributed by atoms with Crippen LogP contribution in [-0.2, 0) is 4.79 Å². The number of aryl methyl sites for hydroxylation is 1. The van der Waals surface area contributed by atoms with Crippen molar-refractivity contribution in [3.8, 4) is 5.75 Å². The largest absolute Gasteiger partial charge is 0.497 e. The first-order valence-electron chi connectivity index (χ1n) is 8.65. The van der Waals surface area contributed by atoms with Crippen LogP contribution in [-0.4, -0.2) is 40.7 Å². The Labute approximate surface area is 148 Å². The Balaban J connectivity index is 2.03. The maximum atomic E-state index is 11.8. The lowest BCUT2D eigenvalue weighted by Crippen LogP contribution is -2.47. The van der Waals surface area contributed by atoms with Crippen molar-refractivity contribution < 1.29 is 14.6 Å². The van der Waals surface area contributed by atoms with Crippen molar-refractivity contribution in [2.24, 2.45) is 0 Å². The molecule has 1 aliphatic rings. The average molecular weight is 340 g/mol. The second-order valence-electron chi connectivity index (χ2n) is 6.52. The van der Waals surface area contributed by atoms with Crippen LogP contribution < -0.4 is 4.74 Å². The molecule has 1 saturated heterocycles. The lowest BCUT2D eigenvalue weighted by molar-refractivity contribution is -0.145. The molecule has 1 aliphatic heterocycles. The first-order valence-corrected chi connectivity index (χ1v) is 8.65. The molecule has 1 N–H and O–H groups in total. The van der Waals surface area contributed by atoms with Gasteiger partial charge in [0.25, 0.3) is 0 Å². The molecule has 2 heterocycles. The van der Waals surface area contributed by atoms with Gasteiger partial charge in [-0.1, -0.05) is 24.6 Å². The lowest BCUT2D eigenvalue weighted by Gasteiger charge is -2.39. The summed E-state index contributed by atoms with van der Waals surface area (Å²) in [5.74, 6) is 0.0260. The second kappa shape index (κ2) is 7.66. The summed E-state index contributed by atoms with van der Waals surface area (Å²) in [7, 11) is 1.64. The summed E-state index contributed by atoms with van der Waals surface area (Å²) in [6.45, 7) is 2.75. The number of carboxylic acid groups (broad SMARTS) is 1. The molecule has 3 rings (SSSR count). The van der Waals surface area contributed by atoms with Crippen LogP contribution >= 0.6 is 0 Å². The number of pyridine rings is 1. The van der Waals surface area contributed by atoms with Gasteiger partial charge in [-0.05, 0) is 55.6 Å². The van der Waals surface area contributed by atoms with Crippen LogP contribution in [0.5, 0.6) is 5.75 Å². The SMILES string of the molecule is COc1ccc(C(c2ccc(C)cn2)N2CCCCC2C(=O)O)cc1. The van der Waals surface area contributed by atoms with E-state index in [0.29, 0.717) is 6.42 Å². The number of piperidine rings is 1. The van der Waals surface area contributed by atoms with E-state index < -0.39 is 12.0 Å². The van der Waals surface area contributed by atoms with Gasteiger partial charge >= 0.3 is 5.97 Å². The van der Waals surface area contributed by atoms with Crippen LogP contribution in [0.15, 0.2) is 42.6 Å². The number of nitrogens with zero attached hydrogens (tertiary/aromatic N) is 2. The molecule has 0 radical (unpaired) electrons. The van der Waals surface area contributed by atoms with Gasteiger partial charge in [0.15, 0.2) is 0 Å². The highest BCUT2D eigenvalue weighted by Gasteiger charge is 2.35. The molecule has 0 amide bonds. The smallest absolute Gasteiger partial charge is 0.320 e. The highest BCUT2D eigenvalue weighted by molar-refractivity contribution is 5.73. The zero-order valence-corrected chi connectivity index (χ0v) is 14.7. The van der Waals surface area contributed by atoms with Gasteiger partial charge in [0.1, 0.15) is 11.8 Å². The normalized spacial score (nSPS) is 19.4. The van der Waals surface area contributed by atoms with E-state index in [-0.39, 0.29) is 6.04 Å². The minimum absolute atomic E-state index is 0.173. The van der Waals surface area contributed by atoms with Gasteiger partial charge in [-0.2, -0.15) is 0 Å². The number of methoxy groups -OCH3 is 1. The standard InChI is InChI=1S/C20H24N2O3/c1-14-6-11-17(21-13-14)19(15-7-9-16(25-2)10-8-15)22-12-4-3-5-18(22)20(23)24/h6-11,13,18-19H,3-5,12H2,1-2H3,(H,23,24). The Kier molecular flexibility index (Phi) is 5.34. The van der Waals surface area contributed by atoms with Crippen molar-refractivity contribution in [2.75, 3.05) is 13.7 Å². The highest BCUT2D eigenvalue weighted by atomic mass is 16.5. The minimum Gasteiger partial charge on any atom is -0.497 e. The fraction of sp³-hybridized carbons (Fsp3) is 0.400. The topological polar surface area (TPSA) is 62.7 Å². The van der Waals surface area contributed by atoms with Gasteiger partial charge < -0.3 is 9.84 Å². The van der Waals surface area contributed by atoms with Crippen molar-refractivity contribution in [1.29, 1.82) is 0 Å². The van der Waals surface area contributed by atoms with E-state index >= 15 is 0 Å². The highest BCUT2D eigenvalue weighted by Crippen LogP contribution is 2.34. The van der Waals surface area contributed by atoms with Crippen molar-refractivity contribution >= 4 is 5.97 Å². The van der Waals surface area contributed by atoms with Crippen molar-refractivity contribution in [3.05, 3.63) is 59.4 Å². The third-order valence-electron chi connectivity index (χ3n) is 4.81. The number of aliphatic carboxylic acids is 1. The molecule has 0 aliphatic carbocycles. The molecule has 132 valence electrons. The number of likely N-dealkylation sites (tertiary alicyclic amines) is 1. The molecule has 0 bridgehead atoms. The van der Waals surface area contributed by atoms with Crippen molar-refractivity contribution in [2.45, 2.75) is 38.3 Å². The number of hydrogen-bond donors (Lipinski definition) is 1. The van der Waals surface area contributed by atoms with E-state index in [1.807, 2.05) is 49.5 Å². The average Bonchev–Trinajstić information content (AvgIpc) is 2.64. The second-order valence-corrected chi connectivity index (χ2v) is 6.52. The molecule has 2 unspecified atom stereocenters. The number of aromatic nitrogens is 1. The predicted molar refractivity (Wildman–Crippen MR) is 95.8 cm³/mol. The molecule has 0 saturated carbocycles. The zero-order chi connectivity index (χ0) is 17.8. The van der Waals surface area contributed by atoms with Crippen molar-refractivity contribution in [3.63, 3.8) is 0 Å². The number of carbonyl (C=O) groups is 1. The van der Waals surface area contributed by atoms with E-state index in [0.717, 1.165) is 42.0 Å². The van der Waals surface area contributed by atoms with Crippen LogP contribution in [0.2, 0.25) is 0 Å².